The lowest BCUT2D eigenvalue weighted by Gasteiger charge is -2.32. The van der Waals surface area contributed by atoms with Crippen LogP contribution < -0.4 is 5.73 Å². The third kappa shape index (κ3) is 4.35. The van der Waals surface area contributed by atoms with E-state index in [1.807, 2.05) is 12.1 Å². The van der Waals surface area contributed by atoms with Gasteiger partial charge in [-0.1, -0.05) is 13.0 Å². The Hall–Kier alpha value is -3.25. The van der Waals surface area contributed by atoms with Gasteiger partial charge in [0, 0.05) is 53.8 Å². The average Bonchev–Trinajstić information content (AvgIpc) is 3.34. The fraction of sp³-hybridized carbons (Fsp3) is 0.333. The van der Waals surface area contributed by atoms with Gasteiger partial charge in [0.1, 0.15) is 5.82 Å². The minimum Gasteiger partial charge on any atom is -0.328 e. The molecule has 5 rings (SSSR count). The molecular weight excluding hydrogens is 415 g/mol. The van der Waals surface area contributed by atoms with Crippen LogP contribution in [0.4, 0.5) is 4.39 Å². The minimum atomic E-state index is -0.390. The van der Waals surface area contributed by atoms with Crippen molar-refractivity contribution in [1.29, 1.82) is 0 Å². The zero-order valence-electron chi connectivity index (χ0n) is 18.7. The van der Waals surface area contributed by atoms with Gasteiger partial charge in [0.15, 0.2) is 5.78 Å². The number of nitrogens with zero attached hydrogens (tertiary/aromatic N) is 3. The van der Waals surface area contributed by atoms with Gasteiger partial charge in [0.25, 0.3) is 0 Å². The lowest BCUT2D eigenvalue weighted by Crippen LogP contribution is -2.31. The average molecular weight is 443 g/mol. The quantitative estimate of drug-likeness (QED) is 0.570. The molecule has 1 fully saturated rings. The summed E-state index contributed by atoms with van der Waals surface area (Å²) < 4.78 is 14.7. The van der Waals surface area contributed by atoms with E-state index in [9.17, 15) is 9.18 Å². The van der Waals surface area contributed by atoms with E-state index in [2.05, 4.69) is 21.9 Å². The van der Waals surface area contributed by atoms with E-state index < -0.39 is 5.82 Å². The molecule has 168 valence electrons. The van der Waals surface area contributed by atoms with Crippen LogP contribution in [-0.2, 0) is 6.42 Å². The Morgan fingerprint density at radius 2 is 2.06 bits per heavy atom. The van der Waals surface area contributed by atoms with Gasteiger partial charge in [-0.15, -0.1) is 0 Å². The first kappa shape index (κ1) is 21.6. The summed E-state index contributed by atoms with van der Waals surface area (Å²) in [4.78, 5) is 26.3. The standard InChI is InChI=1S/C27H27FN4O/c1-16-8-18(10-21(29)9-16)22-5-7-31-14-20(22)12-26(33)23-2-3-25(28)24-11-19(15-32-27(23)24)17-4-6-30-13-17/h2-5,7,11,13-16,18,21H,6,8-10,12,29H2,1H3/t16-,18+,21-/m0/s1. The van der Waals surface area contributed by atoms with Crippen LogP contribution in [0, 0.1) is 11.7 Å². The maximum absolute atomic E-state index is 14.7. The van der Waals surface area contributed by atoms with Gasteiger partial charge in [-0.3, -0.25) is 19.8 Å². The molecule has 3 aromatic rings. The molecular formula is C27H27FN4O. The van der Waals surface area contributed by atoms with E-state index >= 15 is 0 Å². The van der Waals surface area contributed by atoms with Gasteiger partial charge in [-0.2, -0.15) is 0 Å². The van der Waals surface area contributed by atoms with Crippen molar-refractivity contribution in [2.24, 2.45) is 16.6 Å². The summed E-state index contributed by atoms with van der Waals surface area (Å²) in [7, 11) is 0. The molecule has 2 N–H and O–H groups in total. The summed E-state index contributed by atoms with van der Waals surface area (Å²) in [5, 5.41) is 0.345. The molecule has 0 unspecified atom stereocenters. The van der Waals surface area contributed by atoms with Crippen molar-refractivity contribution in [3.05, 3.63) is 77.0 Å². The van der Waals surface area contributed by atoms with Crippen LogP contribution in [0.5, 0.6) is 0 Å². The third-order valence-corrected chi connectivity index (χ3v) is 6.79. The van der Waals surface area contributed by atoms with E-state index in [1.54, 1.807) is 30.9 Å². The number of halogens is 1. The van der Waals surface area contributed by atoms with E-state index in [0.717, 1.165) is 41.5 Å². The van der Waals surface area contributed by atoms with Crippen molar-refractivity contribution in [3.63, 3.8) is 0 Å². The molecule has 2 aliphatic rings. The largest absolute Gasteiger partial charge is 0.328 e. The lowest BCUT2D eigenvalue weighted by atomic mass is 9.75. The number of hydrogen-bond donors (Lipinski definition) is 1. The highest BCUT2D eigenvalue weighted by Gasteiger charge is 2.27. The van der Waals surface area contributed by atoms with Crippen molar-refractivity contribution >= 4 is 28.5 Å². The summed E-state index contributed by atoms with van der Waals surface area (Å²) in [5.41, 5.74) is 10.9. The smallest absolute Gasteiger partial charge is 0.169 e. The molecule has 3 heterocycles. The van der Waals surface area contributed by atoms with Gasteiger partial charge >= 0.3 is 0 Å². The fourth-order valence-electron chi connectivity index (χ4n) is 5.28. The molecule has 1 aliphatic heterocycles. The second-order valence-corrected chi connectivity index (χ2v) is 9.31. The number of carbonyl (C=O) groups excluding carboxylic acids is 1. The maximum Gasteiger partial charge on any atom is 0.169 e. The Balaban J connectivity index is 1.47. The molecule has 6 heteroatoms. The first-order valence-corrected chi connectivity index (χ1v) is 11.5. The van der Waals surface area contributed by atoms with Crippen molar-refractivity contribution in [2.45, 2.75) is 44.6 Å². The van der Waals surface area contributed by atoms with E-state index in [4.69, 9.17) is 5.73 Å². The van der Waals surface area contributed by atoms with Gasteiger partial charge in [-0.05, 0) is 72.1 Å². The van der Waals surface area contributed by atoms with Crippen molar-refractivity contribution in [1.82, 2.24) is 9.97 Å². The van der Waals surface area contributed by atoms with Crippen molar-refractivity contribution in [3.8, 4) is 0 Å². The molecule has 5 nitrogen and oxygen atoms in total. The molecule has 33 heavy (non-hydrogen) atoms. The number of aromatic nitrogens is 2. The monoisotopic (exact) mass is 442 g/mol. The Kier molecular flexibility index (Phi) is 5.85. The summed E-state index contributed by atoms with van der Waals surface area (Å²) in [6.45, 7) is 2.85. The van der Waals surface area contributed by atoms with Gasteiger partial charge < -0.3 is 5.73 Å². The van der Waals surface area contributed by atoms with Crippen molar-refractivity contribution < 1.29 is 9.18 Å². The van der Waals surface area contributed by atoms with Crippen LogP contribution in [0.2, 0.25) is 0 Å². The van der Waals surface area contributed by atoms with Crippen LogP contribution in [0.3, 0.4) is 0 Å². The van der Waals surface area contributed by atoms with Crippen LogP contribution in [-0.4, -0.2) is 34.6 Å². The Bertz CT molecular complexity index is 1270. The number of Topliss-reactive ketones (excluding diaryl/α,β-unsaturated/α-hetero) is 1. The molecule has 0 saturated heterocycles. The second-order valence-electron chi connectivity index (χ2n) is 9.31. The predicted octanol–water partition coefficient (Wildman–Crippen LogP) is 4.89. The number of aliphatic imine (C=N–C) groups is 1. The molecule has 0 spiro atoms. The number of benzene rings is 1. The predicted molar refractivity (Wildman–Crippen MR) is 129 cm³/mol. The van der Waals surface area contributed by atoms with Crippen LogP contribution in [0.25, 0.3) is 16.5 Å². The summed E-state index contributed by atoms with van der Waals surface area (Å²) in [5.74, 6) is 0.388. The molecule has 1 aliphatic carbocycles. The number of pyridine rings is 2. The first-order chi connectivity index (χ1) is 16.0. The highest BCUT2D eigenvalue weighted by Crippen LogP contribution is 2.37. The van der Waals surface area contributed by atoms with E-state index in [-0.39, 0.29) is 18.2 Å². The zero-order valence-corrected chi connectivity index (χ0v) is 18.7. The molecule has 1 saturated carbocycles. The fourth-order valence-corrected chi connectivity index (χ4v) is 5.28. The first-order valence-electron chi connectivity index (χ1n) is 11.5. The molecule has 2 aromatic heterocycles. The Morgan fingerprint density at radius 3 is 2.85 bits per heavy atom. The number of hydrogen-bond acceptors (Lipinski definition) is 5. The van der Waals surface area contributed by atoms with Crippen LogP contribution in [0.1, 0.15) is 59.2 Å². The van der Waals surface area contributed by atoms with E-state index in [0.29, 0.717) is 34.8 Å². The van der Waals surface area contributed by atoms with E-state index in [1.165, 1.54) is 12.1 Å². The molecule has 0 radical (unpaired) electrons. The topological polar surface area (TPSA) is 81.2 Å². The number of carbonyl (C=O) groups is 1. The van der Waals surface area contributed by atoms with Crippen molar-refractivity contribution in [2.75, 3.05) is 6.54 Å². The summed E-state index contributed by atoms with van der Waals surface area (Å²) in [6.07, 6.45) is 12.2. The number of ketones is 1. The minimum absolute atomic E-state index is 0.0932. The van der Waals surface area contributed by atoms with Crippen LogP contribution in [0.15, 0.2) is 53.9 Å². The van der Waals surface area contributed by atoms with Gasteiger partial charge in [0.2, 0.25) is 0 Å². The zero-order chi connectivity index (χ0) is 22.9. The lowest BCUT2D eigenvalue weighted by molar-refractivity contribution is 0.0994. The molecule has 3 atom stereocenters. The Morgan fingerprint density at radius 1 is 1.18 bits per heavy atom. The number of fused-ring (bicyclic) bond motifs is 1. The summed E-state index contributed by atoms with van der Waals surface area (Å²) in [6, 6.07) is 6.83. The van der Waals surface area contributed by atoms with Crippen LogP contribution >= 0.6 is 0 Å². The maximum atomic E-state index is 14.7. The number of rotatable bonds is 5. The normalized spacial score (nSPS) is 22.5. The highest BCUT2D eigenvalue weighted by molar-refractivity contribution is 6.13. The third-order valence-electron chi connectivity index (χ3n) is 6.79. The molecule has 0 bridgehead atoms. The molecule has 1 aromatic carbocycles. The number of nitrogens with two attached hydrogens (primary N) is 1. The summed E-state index contributed by atoms with van der Waals surface area (Å²) >= 11 is 0. The Labute approximate surface area is 192 Å². The molecule has 0 amide bonds. The highest BCUT2D eigenvalue weighted by atomic mass is 19.1. The SMILES string of the molecule is C[C@@H]1C[C@H](N)C[C@H](c2ccncc2CC(=O)c2ccc(F)c3cc(C4=CCN=C4)cnc23)C1. The van der Waals surface area contributed by atoms with Gasteiger partial charge in [-0.25, -0.2) is 4.39 Å². The van der Waals surface area contributed by atoms with Gasteiger partial charge in [0.05, 0.1) is 12.1 Å². The second kappa shape index (κ2) is 8.94. The number of allylic oxidation sites excluding steroid dienone is 1.